The van der Waals surface area contributed by atoms with Crippen LogP contribution in [0.3, 0.4) is 0 Å². The third-order valence-electron chi connectivity index (χ3n) is 5.80. The summed E-state index contributed by atoms with van der Waals surface area (Å²) in [6.07, 6.45) is 0. The van der Waals surface area contributed by atoms with Crippen molar-refractivity contribution in [1.29, 1.82) is 0 Å². The monoisotopic (exact) mass is 406 g/mol. The summed E-state index contributed by atoms with van der Waals surface area (Å²) < 4.78 is 0. The number of carbonyl (C=O) groups excluding carboxylic acids is 1. The van der Waals surface area contributed by atoms with Gasteiger partial charge in [-0.2, -0.15) is 0 Å². The molecule has 1 heteroatoms. The van der Waals surface area contributed by atoms with Gasteiger partial charge in [-0.25, -0.2) is 0 Å². The van der Waals surface area contributed by atoms with Crippen molar-refractivity contribution < 1.29 is 4.79 Å². The van der Waals surface area contributed by atoms with Crippen molar-refractivity contribution in [2.45, 2.75) is 105 Å². The molecule has 0 atom stereocenters. The molecule has 2 aromatic rings. The molecule has 0 aliphatic heterocycles. The van der Waals surface area contributed by atoms with E-state index in [1.807, 2.05) is 12.1 Å². The summed E-state index contributed by atoms with van der Waals surface area (Å²) >= 11 is 0. The van der Waals surface area contributed by atoms with Gasteiger partial charge in [-0.15, -0.1) is 0 Å². The lowest BCUT2D eigenvalue weighted by Crippen LogP contribution is -2.23. The van der Waals surface area contributed by atoms with Gasteiger partial charge in [0.2, 0.25) is 0 Å². The van der Waals surface area contributed by atoms with E-state index in [0.29, 0.717) is 0 Å². The van der Waals surface area contributed by atoms with E-state index in [4.69, 9.17) is 0 Å². The van der Waals surface area contributed by atoms with E-state index in [9.17, 15) is 4.79 Å². The molecule has 0 saturated heterocycles. The zero-order valence-corrected chi connectivity index (χ0v) is 21.4. The highest BCUT2D eigenvalue weighted by atomic mass is 16.1. The van der Waals surface area contributed by atoms with Crippen LogP contribution in [-0.4, -0.2) is 5.78 Å². The van der Waals surface area contributed by atoms with Crippen LogP contribution in [0.25, 0.3) is 0 Å². The van der Waals surface area contributed by atoms with Gasteiger partial charge in [0.05, 0.1) is 0 Å². The van der Waals surface area contributed by atoms with Gasteiger partial charge in [0.25, 0.3) is 0 Å². The lowest BCUT2D eigenvalue weighted by atomic mass is 9.73. The number of hydrogen-bond donors (Lipinski definition) is 0. The highest BCUT2D eigenvalue weighted by Gasteiger charge is 2.28. The predicted molar refractivity (Wildman–Crippen MR) is 131 cm³/mol. The van der Waals surface area contributed by atoms with Crippen LogP contribution >= 0.6 is 0 Å². The van der Waals surface area contributed by atoms with Crippen LogP contribution in [0.2, 0.25) is 0 Å². The van der Waals surface area contributed by atoms with Gasteiger partial charge in [-0.3, -0.25) is 4.79 Å². The van der Waals surface area contributed by atoms with Crippen LogP contribution in [0.15, 0.2) is 36.4 Å². The van der Waals surface area contributed by atoms with Crippen LogP contribution in [0.5, 0.6) is 0 Å². The molecule has 1 nitrogen and oxygen atoms in total. The first-order chi connectivity index (χ1) is 13.3. The van der Waals surface area contributed by atoms with Gasteiger partial charge in [0.1, 0.15) is 0 Å². The second-order valence-electron chi connectivity index (χ2n) is 12.8. The number of benzene rings is 2. The van der Waals surface area contributed by atoms with Crippen molar-refractivity contribution in [1.82, 2.24) is 0 Å². The summed E-state index contributed by atoms with van der Waals surface area (Å²) in [6.45, 7) is 26.8. The fourth-order valence-corrected chi connectivity index (χ4v) is 4.09. The van der Waals surface area contributed by atoms with Crippen molar-refractivity contribution in [2.75, 3.05) is 0 Å². The lowest BCUT2D eigenvalue weighted by molar-refractivity contribution is 0.103. The number of ketones is 1. The van der Waals surface area contributed by atoms with Crippen LogP contribution in [0.1, 0.15) is 121 Å². The maximum atomic E-state index is 13.5. The Labute approximate surface area is 185 Å². The van der Waals surface area contributed by atoms with E-state index < -0.39 is 0 Å². The normalized spacial score (nSPS) is 13.5. The first-order valence-electron chi connectivity index (χ1n) is 11.2. The maximum Gasteiger partial charge on any atom is 0.193 e. The molecule has 2 rings (SSSR count). The fraction of sp³-hybridized carbons (Fsp3) is 0.552. The Morgan fingerprint density at radius 3 is 0.967 bits per heavy atom. The molecule has 0 heterocycles. The molecule has 164 valence electrons. The molecule has 0 saturated carbocycles. The zero-order valence-electron chi connectivity index (χ0n) is 21.4. The average Bonchev–Trinajstić information content (AvgIpc) is 2.57. The number of rotatable bonds is 2. The summed E-state index contributed by atoms with van der Waals surface area (Å²) in [7, 11) is 0. The maximum absolute atomic E-state index is 13.5. The Morgan fingerprint density at radius 1 is 0.467 bits per heavy atom. The van der Waals surface area contributed by atoms with Crippen molar-refractivity contribution >= 4 is 5.78 Å². The molecule has 0 fully saturated rings. The Hall–Kier alpha value is -1.89. The molecule has 0 spiro atoms. The zero-order chi connectivity index (χ0) is 23.3. The molecule has 0 amide bonds. The van der Waals surface area contributed by atoms with Crippen molar-refractivity contribution in [3.05, 3.63) is 69.8 Å². The second kappa shape index (κ2) is 7.66. The van der Waals surface area contributed by atoms with Crippen LogP contribution in [0.4, 0.5) is 0 Å². The molecular weight excluding hydrogens is 364 g/mol. The van der Waals surface area contributed by atoms with Crippen molar-refractivity contribution in [3.8, 4) is 0 Å². The smallest absolute Gasteiger partial charge is 0.193 e. The Morgan fingerprint density at radius 2 is 0.733 bits per heavy atom. The fourth-order valence-electron chi connectivity index (χ4n) is 4.09. The van der Waals surface area contributed by atoms with E-state index in [0.717, 1.165) is 11.1 Å². The summed E-state index contributed by atoms with van der Waals surface area (Å²) in [4.78, 5) is 13.5. The SMILES string of the molecule is CC(C)(C)c1ccc(C(=O)c2ccc(C(C)(C)C)c(C(C)(C)C)c2)cc1C(C)(C)C. The van der Waals surface area contributed by atoms with E-state index in [1.165, 1.54) is 22.3 Å². The second-order valence-corrected chi connectivity index (χ2v) is 12.8. The lowest BCUT2D eigenvalue weighted by Gasteiger charge is -2.31. The molecule has 0 radical (unpaired) electrons. The molecule has 0 aromatic heterocycles. The third kappa shape index (κ3) is 5.23. The molecule has 30 heavy (non-hydrogen) atoms. The van der Waals surface area contributed by atoms with Gasteiger partial charge in [-0.1, -0.05) is 107 Å². The minimum absolute atomic E-state index is 0.0223. The minimum atomic E-state index is -0.0223. The van der Waals surface area contributed by atoms with E-state index in [2.05, 4.69) is 107 Å². The van der Waals surface area contributed by atoms with Crippen LogP contribution < -0.4 is 0 Å². The molecule has 0 aliphatic carbocycles. The molecule has 0 unspecified atom stereocenters. The summed E-state index contributed by atoms with van der Waals surface area (Å²) in [5.74, 6) is 0.104. The minimum Gasteiger partial charge on any atom is -0.289 e. The summed E-state index contributed by atoms with van der Waals surface area (Å²) in [5, 5.41) is 0. The Balaban J connectivity index is 2.64. The standard InChI is InChI=1S/C29H42O/c1-26(2,3)21-15-13-19(17-23(21)28(7,8)9)25(30)20-14-16-22(27(4,5)6)24(18-20)29(10,11)12/h13-18H,1-12H3. The van der Waals surface area contributed by atoms with E-state index >= 15 is 0 Å². The van der Waals surface area contributed by atoms with Gasteiger partial charge in [-0.05, 0) is 56.0 Å². The van der Waals surface area contributed by atoms with E-state index in [1.54, 1.807) is 0 Å². The molecular formula is C29H42O. The number of carbonyl (C=O) groups is 1. The molecule has 0 aliphatic rings. The first kappa shape index (κ1) is 24.4. The van der Waals surface area contributed by atoms with Crippen LogP contribution in [0, 0.1) is 0 Å². The first-order valence-corrected chi connectivity index (χ1v) is 11.2. The Bertz CT molecular complexity index is 855. The average molecular weight is 407 g/mol. The van der Waals surface area contributed by atoms with E-state index in [-0.39, 0.29) is 27.4 Å². The van der Waals surface area contributed by atoms with Crippen molar-refractivity contribution in [2.24, 2.45) is 0 Å². The van der Waals surface area contributed by atoms with Gasteiger partial charge < -0.3 is 0 Å². The topological polar surface area (TPSA) is 17.1 Å². The van der Waals surface area contributed by atoms with Crippen molar-refractivity contribution in [3.63, 3.8) is 0 Å². The molecule has 2 aromatic carbocycles. The third-order valence-corrected chi connectivity index (χ3v) is 5.80. The highest BCUT2D eigenvalue weighted by Crippen LogP contribution is 2.37. The quantitative estimate of drug-likeness (QED) is 0.460. The summed E-state index contributed by atoms with van der Waals surface area (Å²) in [5.41, 5.74) is 6.71. The largest absolute Gasteiger partial charge is 0.289 e. The molecule has 0 N–H and O–H groups in total. The summed E-state index contributed by atoms with van der Waals surface area (Å²) in [6, 6.07) is 12.6. The van der Waals surface area contributed by atoms with Gasteiger partial charge in [0.15, 0.2) is 5.78 Å². The van der Waals surface area contributed by atoms with Crippen LogP contribution in [-0.2, 0) is 21.7 Å². The van der Waals surface area contributed by atoms with Gasteiger partial charge in [0, 0.05) is 11.1 Å². The molecule has 0 bridgehead atoms. The Kier molecular flexibility index (Phi) is 6.23. The highest BCUT2D eigenvalue weighted by molar-refractivity contribution is 6.09. The number of hydrogen-bond acceptors (Lipinski definition) is 1. The predicted octanol–water partition coefficient (Wildman–Crippen LogP) is 8.11. The van der Waals surface area contributed by atoms with Gasteiger partial charge >= 0.3 is 0 Å².